The van der Waals surface area contributed by atoms with E-state index in [4.69, 9.17) is 0 Å². The van der Waals surface area contributed by atoms with Gasteiger partial charge < -0.3 is 10.4 Å². The largest absolute Gasteiger partial charge is 0.389 e. The molecule has 0 radical (unpaired) electrons. The van der Waals surface area contributed by atoms with Crippen LogP contribution in [0.5, 0.6) is 0 Å². The summed E-state index contributed by atoms with van der Waals surface area (Å²) >= 11 is 1.93. The monoisotopic (exact) mass is 283 g/mol. The summed E-state index contributed by atoms with van der Waals surface area (Å²) < 4.78 is 1.98. The van der Waals surface area contributed by atoms with Gasteiger partial charge in [0.2, 0.25) is 0 Å². The maximum Gasteiger partial charge on any atom is 0.0787 e. The molecule has 0 amide bonds. The molecular formula is C14H25N3OS. The van der Waals surface area contributed by atoms with Crippen molar-refractivity contribution in [1.82, 2.24) is 15.1 Å². The van der Waals surface area contributed by atoms with Gasteiger partial charge in [-0.15, -0.1) is 0 Å². The Kier molecular flexibility index (Phi) is 4.58. The molecule has 5 heteroatoms. The third-order valence-electron chi connectivity index (χ3n) is 3.53. The summed E-state index contributed by atoms with van der Waals surface area (Å²) in [7, 11) is 0. The molecule has 0 bridgehead atoms. The van der Waals surface area contributed by atoms with Gasteiger partial charge in [0.1, 0.15) is 0 Å². The number of nitrogens with zero attached hydrogens (tertiary/aromatic N) is 2. The standard InChI is InChI=1S/C14H25N3OS/c1-13(2,3)17-10-12(9-16-17)8-15-11-14(18)4-6-19-7-5-14/h9-10,15,18H,4-8,11H2,1-3H3. The van der Waals surface area contributed by atoms with Crippen molar-refractivity contribution in [3.8, 4) is 0 Å². The summed E-state index contributed by atoms with van der Waals surface area (Å²) in [5.41, 5.74) is 0.686. The fraction of sp³-hybridized carbons (Fsp3) is 0.786. The first-order chi connectivity index (χ1) is 8.89. The lowest BCUT2D eigenvalue weighted by atomic mass is 9.97. The lowest BCUT2D eigenvalue weighted by Crippen LogP contribution is -2.43. The van der Waals surface area contributed by atoms with E-state index < -0.39 is 5.60 Å². The second-order valence-electron chi connectivity index (χ2n) is 6.40. The van der Waals surface area contributed by atoms with E-state index >= 15 is 0 Å². The van der Waals surface area contributed by atoms with Gasteiger partial charge in [-0.25, -0.2) is 0 Å². The zero-order valence-corrected chi connectivity index (χ0v) is 13.0. The molecule has 108 valence electrons. The molecule has 1 saturated heterocycles. The lowest BCUT2D eigenvalue weighted by molar-refractivity contribution is 0.0320. The molecule has 0 aromatic carbocycles. The predicted octanol–water partition coefficient (Wildman–Crippen LogP) is 1.99. The number of hydrogen-bond acceptors (Lipinski definition) is 4. The fourth-order valence-corrected chi connectivity index (χ4v) is 3.44. The maximum atomic E-state index is 10.4. The van der Waals surface area contributed by atoms with Gasteiger partial charge in [-0.3, -0.25) is 4.68 Å². The zero-order chi connectivity index (χ0) is 13.9. The highest BCUT2D eigenvalue weighted by molar-refractivity contribution is 7.99. The molecule has 1 aliphatic heterocycles. The average molecular weight is 283 g/mol. The second kappa shape index (κ2) is 5.85. The summed E-state index contributed by atoms with van der Waals surface area (Å²) in [6, 6.07) is 0. The van der Waals surface area contributed by atoms with Gasteiger partial charge in [-0.05, 0) is 45.1 Å². The summed E-state index contributed by atoms with van der Waals surface area (Å²) in [5.74, 6) is 2.14. The van der Waals surface area contributed by atoms with Gasteiger partial charge in [0.25, 0.3) is 0 Å². The summed E-state index contributed by atoms with van der Waals surface area (Å²) in [6.07, 6.45) is 5.77. The highest BCUT2D eigenvalue weighted by Gasteiger charge is 2.28. The molecule has 2 heterocycles. The third-order valence-corrected chi connectivity index (χ3v) is 4.52. The number of hydrogen-bond donors (Lipinski definition) is 2. The van der Waals surface area contributed by atoms with Crippen LogP contribution in [0.4, 0.5) is 0 Å². The van der Waals surface area contributed by atoms with Crippen LogP contribution in [-0.4, -0.2) is 38.5 Å². The third kappa shape index (κ3) is 4.23. The molecule has 0 saturated carbocycles. The van der Waals surface area contributed by atoms with E-state index in [9.17, 15) is 5.11 Å². The molecule has 0 unspecified atom stereocenters. The molecule has 4 nitrogen and oxygen atoms in total. The minimum atomic E-state index is -0.509. The molecule has 1 aromatic rings. The molecule has 1 aliphatic rings. The van der Waals surface area contributed by atoms with Crippen molar-refractivity contribution in [3.05, 3.63) is 18.0 Å². The molecular weight excluding hydrogens is 258 g/mol. The smallest absolute Gasteiger partial charge is 0.0787 e. The van der Waals surface area contributed by atoms with E-state index in [1.54, 1.807) is 0 Å². The Bertz CT molecular complexity index is 405. The zero-order valence-electron chi connectivity index (χ0n) is 12.1. The molecule has 1 fully saturated rings. The summed E-state index contributed by atoms with van der Waals surface area (Å²) in [6.45, 7) is 7.86. The Morgan fingerprint density at radius 3 is 2.68 bits per heavy atom. The van der Waals surface area contributed by atoms with Crippen molar-refractivity contribution >= 4 is 11.8 Å². The number of aliphatic hydroxyl groups is 1. The van der Waals surface area contributed by atoms with Gasteiger partial charge in [0.15, 0.2) is 0 Å². The molecule has 0 atom stereocenters. The first kappa shape index (κ1) is 14.9. The lowest BCUT2D eigenvalue weighted by Gasteiger charge is -2.31. The SMILES string of the molecule is CC(C)(C)n1cc(CNCC2(O)CCSCC2)cn1. The Labute approximate surface area is 120 Å². The fourth-order valence-electron chi connectivity index (χ4n) is 2.19. The Balaban J connectivity index is 1.81. The van der Waals surface area contributed by atoms with Crippen molar-refractivity contribution in [1.29, 1.82) is 0 Å². The summed E-state index contributed by atoms with van der Waals surface area (Å²) in [4.78, 5) is 0. The highest BCUT2D eigenvalue weighted by atomic mass is 32.2. The van der Waals surface area contributed by atoms with Crippen LogP contribution >= 0.6 is 11.8 Å². The van der Waals surface area contributed by atoms with E-state index in [-0.39, 0.29) is 5.54 Å². The van der Waals surface area contributed by atoms with Crippen molar-refractivity contribution < 1.29 is 5.11 Å². The van der Waals surface area contributed by atoms with E-state index in [2.05, 4.69) is 37.4 Å². The molecule has 19 heavy (non-hydrogen) atoms. The Hall–Kier alpha value is -0.520. The molecule has 2 N–H and O–H groups in total. The molecule has 1 aromatic heterocycles. The quantitative estimate of drug-likeness (QED) is 0.887. The normalized spacial score (nSPS) is 19.6. The van der Waals surface area contributed by atoms with Crippen LogP contribution in [0.1, 0.15) is 39.2 Å². The second-order valence-corrected chi connectivity index (χ2v) is 7.63. The van der Waals surface area contributed by atoms with Crippen molar-refractivity contribution in [2.24, 2.45) is 0 Å². The minimum Gasteiger partial charge on any atom is -0.389 e. The van der Waals surface area contributed by atoms with Crippen LogP contribution in [0, 0.1) is 0 Å². The van der Waals surface area contributed by atoms with Crippen LogP contribution in [0.2, 0.25) is 0 Å². The van der Waals surface area contributed by atoms with Gasteiger partial charge >= 0.3 is 0 Å². The van der Waals surface area contributed by atoms with Crippen molar-refractivity contribution in [3.63, 3.8) is 0 Å². The van der Waals surface area contributed by atoms with Crippen LogP contribution in [-0.2, 0) is 12.1 Å². The minimum absolute atomic E-state index is 0.0248. The van der Waals surface area contributed by atoms with Crippen LogP contribution in [0.3, 0.4) is 0 Å². The van der Waals surface area contributed by atoms with Crippen LogP contribution in [0.25, 0.3) is 0 Å². The van der Waals surface area contributed by atoms with Gasteiger partial charge in [0, 0.05) is 24.8 Å². The van der Waals surface area contributed by atoms with Gasteiger partial charge in [-0.1, -0.05) is 0 Å². The number of thioether (sulfide) groups is 1. The average Bonchev–Trinajstić information content (AvgIpc) is 2.78. The van der Waals surface area contributed by atoms with Crippen molar-refractivity contribution in [2.45, 2.75) is 51.3 Å². The number of aromatic nitrogens is 2. The Morgan fingerprint density at radius 1 is 1.42 bits per heavy atom. The maximum absolute atomic E-state index is 10.4. The predicted molar refractivity (Wildman–Crippen MR) is 80.4 cm³/mol. The first-order valence-corrected chi connectivity index (χ1v) is 8.09. The van der Waals surface area contributed by atoms with Gasteiger partial charge in [0.05, 0.1) is 17.3 Å². The number of rotatable bonds is 4. The van der Waals surface area contributed by atoms with E-state index in [1.165, 1.54) is 5.56 Å². The molecule has 0 aliphatic carbocycles. The van der Waals surface area contributed by atoms with E-state index in [0.29, 0.717) is 6.54 Å². The van der Waals surface area contributed by atoms with Gasteiger partial charge in [-0.2, -0.15) is 16.9 Å². The molecule has 2 rings (SSSR count). The molecule has 0 spiro atoms. The topological polar surface area (TPSA) is 50.1 Å². The van der Waals surface area contributed by atoms with Crippen LogP contribution < -0.4 is 5.32 Å². The van der Waals surface area contributed by atoms with Crippen molar-refractivity contribution in [2.75, 3.05) is 18.1 Å². The first-order valence-electron chi connectivity index (χ1n) is 6.94. The summed E-state index contributed by atoms with van der Waals surface area (Å²) in [5, 5.41) is 18.1. The number of nitrogens with one attached hydrogen (secondary N) is 1. The highest BCUT2D eigenvalue weighted by Crippen LogP contribution is 2.26. The van der Waals surface area contributed by atoms with E-state index in [1.807, 2.05) is 22.6 Å². The van der Waals surface area contributed by atoms with E-state index in [0.717, 1.165) is 30.9 Å². The Morgan fingerprint density at radius 2 is 2.11 bits per heavy atom. The van der Waals surface area contributed by atoms with Crippen LogP contribution in [0.15, 0.2) is 12.4 Å².